The molecule has 182 valence electrons. The van der Waals surface area contributed by atoms with Crippen molar-refractivity contribution in [3.8, 4) is 0 Å². The average Bonchev–Trinajstić information content (AvgIpc) is 3.67. The van der Waals surface area contributed by atoms with E-state index in [1.165, 1.54) is 0 Å². The van der Waals surface area contributed by atoms with Crippen molar-refractivity contribution in [3.05, 3.63) is 58.9 Å². The summed E-state index contributed by atoms with van der Waals surface area (Å²) in [5.41, 5.74) is 1.38. The largest absolute Gasteiger partial charge is 0.440 e. The lowest BCUT2D eigenvalue weighted by atomic mass is 9.96. The van der Waals surface area contributed by atoms with E-state index < -0.39 is 5.60 Å². The Labute approximate surface area is 208 Å². The van der Waals surface area contributed by atoms with Gasteiger partial charge in [-0.05, 0) is 56.2 Å². The monoisotopic (exact) mass is 493 g/mol. The molecule has 3 fully saturated rings. The number of imidazole rings is 1. The van der Waals surface area contributed by atoms with Crippen molar-refractivity contribution in [2.45, 2.75) is 70.2 Å². The molecule has 2 aliphatic carbocycles. The zero-order chi connectivity index (χ0) is 24.4. The summed E-state index contributed by atoms with van der Waals surface area (Å²) in [5.74, 6) is 1.56. The summed E-state index contributed by atoms with van der Waals surface area (Å²) in [4.78, 5) is 32.8. The van der Waals surface area contributed by atoms with Crippen LogP contribution in [0.2, 0.25) is 5.02 Å². The molecule has 10 heteroatoms. The molecule has 3 heterocycles. The third-order valence-electron chi connectivity index (χ3n) is 7.13. The van der Waals surface area contributed by atoms with Crippen molar-refractivity contribution in [1.29, 1.82) is 0 Å². The summed E-state index contributed by atoms with van der Waals surface area (Å²) >= 11 is 6.00. The van der Waals surface area contributed by atoms with Crippen LogP contribution in [0, 0.1) is 12.8 Å². The van der Waals surface area contributed by atoms with Crippen LogP contribution >= 0.6 is 11.6 Å². The van der Waals surface area contributed by atoms with E-state index in [4.69, 9.17) is 16.3 Å². The minimum atomic E-state index is -0.395. The van der Waals surface area contributed by atoms with Crippen molar-refractivity contribution in [2.24, 2.45) is 5.92 Å². The molecule has 0 radical (unpaired) electrons. The fourth-order valence-corrected chi connectivity index (χ4v) is 5.30. The van der Waals surface area contributed by atoms with Crippen LogP contribution in [0.15, 0.2) is 36.8 Å². The van der Waals surface area contributed by atoms with Crippen LogP contribution in [-0.2, 0) is 16.8 Å². The van der Waals surface area contributed by atoms with Gasteiger partial charge in [-0.25, -0.2) is 14.7 Å². The number of hydrogen-bond donors (Lipinski definition) is 1. The van der Waals surface area contributed by atoms with Gasteiger partial charge in [0.15, 0.2) is 0 Å². The molecule has 1 saturated heterocycles. The van der Waals surface area contributed by atoms with Gasteiger partial charge in [0.25, 0.3) is 0 Å². The Morgan fingerprint density at radius 1 is 1.14 bits per heavy atom. The van der Waals surface area contributed by atoms with Crippen molar-refractivity contribution >= 4 is 29.6 Å². The van der Waals surface area contributed by atoms with E-state index in [9.17, 15) is 4.79 Å². The van der Waals surface area contributed by atoms with Gasteiger partial charge in [-0.1, -0.05) is 37.6 Å². The van der Waals surface area contributed by atoms with Gasteiger partial charge in [-0.2, -0.15) is 15.0 Å². The van der Waals surface area contributed by atoms with Crippen LogP contribution in [0.3, 0.4) is 0 Å². The number of rotatable bonds is 7. The lowest BCUT2D eigenvalue weighted by Crippen LogP contribution is -2.43. The number of aryl methyl sites for hydroxylation is 1. The molecule has 0 unspecified atom stereocenters. The fraction of sp³-hybridized carbons (Fsp3) is 0.480. The van der Waals surface area contributed by atoms with E-state index in [0.29, 0.717) is 24.3 Å². The summed E-state index contributed by atoms with van der Waals surface area (Å²) in [5, 5.41) is 4.22. The first-order valence-electron chi connectivity index (χ1n) is 12.1. The van der Waals surface area contributed by atoms with Crippen molar-refractivity contribution < 1.29 is 9.53 Å². The Morgan fingerprint density at radius 3 is 2.54 bits per heavy atom. The number of ether oxygens (including phenoxy) is 1. The number of halogens is 1. The number of benzene rings is 1. The summed E-state index contributed by atoms with van der Waals surface area (Å²) in [6, 6.07) is 7.74. The van der Waals surface area contributed by atoms with Gasteiger partial charge < -0.3 is 14.6 Å². The Morgan fingerprint density at radius 2 is 1.89 bits per heavy atom. The predicted octanol–water partition coefficient (Wildman–Crippen LogP) is 4.69. The Kier molecular flexibility index (Phi) is 5.03. The molecule has 1 N–H and O–H groups in total. The van der Waals surface area contributed by atoms with Gasteiger partial charge in [0.1, 0.15) is 11.4 Å². The molecule has 1 atom stereocenters. The molecular formula is C25H28ClN7O2. The van der Waals surface area contributed by atoms with E-state index in [2.05, 4.69) is 49.9 Å². The topological polar surface area (TPSA) is 98.1 Å². The van der Waals surface area contributed by atoms with Crippen LogP contribution < -0.4 is 10.2 Å². The maximum atomic E-state index is 12.8. The van der Waals surface area contributed by atoms with Gasteiger partial charge in [0.05, 0.1) is 23.6 Å². The van der Waals surface area contributed by atoms with E-state index in [-0.39, 0.29) is 23.6 Å². The first-order chi connectivity index (χ1) is 16.8. The molecule has 3 aliphatic rings. The second kappa shape index (κ2) is 7.91. The van der Waals surface area contributed by atoms with Crippen LogP contribution in [0.4, 0.5) is 16.7 Å². The third kappa shape index (κ3) is 4.01. The standard InChI is InChI=1S/C25H28ClN7O2/c1-15(2)20-25(10-11-25)35-23(34)33(20)22-29-16(3)28-21(30-22)31-24(8-9-24)19-13-32(14-27-19)12-17-4-6-18(26)7-5-17/h4-7,13-15,20H,8-12H2,1-3H3,(H,28,29,30,31)/t20-/m0/s1. The van der Waals surface area contributed by atoms with Gasteiger partial charge in [-0.3, -0.25) is 0 Å². The normalized spacial score (nSPS) is 21.5. The number of hydrogen-bond acceptors (Lipinski definition) is 7. The SMILES string of the molecule is Cc1nc(NC2(c3cn(Cc4ccc(Cl)cc4)cn3)CC2)nc(N2C(=O)OC3(CC3)[C@@H]2C(C)C)n1. The second-order valence-corrected chi connectivity index (χ2v) is 10.7. The van der Waals surface area contributed by atoms with Crippen LogP contribution in [0.25, 0.3) is 0 Å². The molecule has 0 bridgehead atoms. The first-order valence-corrected chi connectivity index (χ1v) is 12.4. The number of nitrogens with zero attached hydrogens (tertiary/aromatic N) is 6. The van der Waals surface area contributed by atoms with Gasteiger partial charge in [0.2, 0.25) is 11.9 Å². The molecule has 2 saturated carbocycles. The Bertz CT molecular complexity index is 1280. The summed E-state index contributed by atoms with van der Waals surface area (Å²) in [6.45, 7) is 6.74. The highest BCUT2D eigenvalue weighted by atomic mass is 35.5. The average molecular weight is 494 g/mol. The smallest absolute Gasteiger partial charge is 0.417 e. The van der Waals surface area contributed by atoms with Gasteiger partial charge in [0, 0.05) is 17.8 Å². The highest BCUT2D eigenvalue weighted by Gasteiger charge is 2.63. The molecule has 1 aliphatic heterocycles. The van der Waals surface area contributed by atoms with Crippen molar-refractivity contribution in [2.75, 3.05) is 10.2 Å². The number of nitrogens with one attached hydrogen (secondary N) is 1. The molecule has 1 aromatic carbocycles. The predicted molar refractivity (Wildman–Crippen MR) is 131 cm³/mol. The summed E-state index contributed by atoms with van der Waals surface area (Å²) in [6.07, 6.45) is 7.15. The molecule has 9 nitrogen and oxygen atoms in total. The number of carbonyl (C=O) groups excluding carboxylic acids is 1. The maximum Gasteiger partial charge on any atom is 0.417 e. The zero-order valence-electron chi connectivity index (χ0n) is 20.0. The Balaban J connectivity index is 1.24. The fourth-order valence-electron chi connectivity index (χ4n) is 5.17. The highest BCUT2D eigenvalue weighted by Crippen LogP contribution is 2.52. The zero-order valence-corrected chi connectivity index (χ0v) is 20.8. The summed E-state index contributed by atoms with van der Waals surface area (Å²) < 4.78 is 7.83. The third-order valence-corrected chi connectivity index (χ3v) is 7.38. The molecule has 1 spiro atoms. The minimum absolute atomic E-state index is 0.0805. The quantitative estimate of drug-likeness (QED) is 0.509. The lowest BCUT2D eigenvalue weighted by molar-refractivity contribution is 0.109. The number of amides is 1. The van der Waals surface area contributed by atoms with E-state index >= 15 is 0 Å². The van der Waals surface area contributed by atoms with Gasteiger partial charge >= 0.3 is 6.09 Å². The van der Waals surface area contributed by atoms with Gasteiger partial charge in [-0.15, -0.1) is 0 Å². The molecule has 1 amide bonds. The van der Waals surface area contributed by atoms with Crippen molar-refractivity contribution in [1.82, 2.24) is 24.5 Å². The van der Waals surface area contributed by atoms with E-state index in [0.717, 1.165) is 42.0 Å². The molecule has 3 aromatic rings. The molecule has 6 rings (SSSR count). The van der Waals surface area contributed by atoms with Crippen LogP contribution in [0.5, 0.6) is 0 Å². The maximum absolute atomic E-state index is 12.8. The van der Waals surface area contributed by atoms with Crippen LogP contribution in [-0.4, -0.2) is 42.2 Å². The molecular weight excluding hydrogens is 466 g/mol. The summed E-state index contributed by atoms with van der Waals surface area (Å²) in [7, 11) is 0. The van der Waals surface area contributed by atoms with Crippen molar-refractivity contribution in [3.63, 3.8) is 0 Å². The molecule has 35 heavy (non-hydrogen) atoms. The number of carbonyl (C=O) groups is 1. The second-order valence-electron chi connectivity index (χ2n) is 10.3. The number of aromatic nitrogens is 5. The Hall–Kier alpha value is -3.20. The molecule has 2 aromatic heterocycles. The highest BCUT2D eigenvalue weighted by molar-refractivity contribution is 6.30. The van der Waals surface area contributed by atoms with Crippen LogP contribution in [0.1, 0.15) is 56.6 Å². The van der Waals surface area contributed by atoms with E-state index in [1.54, 1.807) is 4.90 Å². The van der Waals surface area contributed by atoms with E-state index in [1.807, 2.05) is 37.5 Å². The first kappa shape index (κ1) is 22.3. The lowest BCUT2D eigenvalue weighted by Gasteiger charge is -2.26. The minimum Gasteiger partial charge on any atom is -0.440 e. The number of anilines is 2.